The van der Waals surface area contributed by atoms with Crippen molar-refractivity contribution in [3.05, 3.63) is 42.1 Å². The largest absolute Gasteiger partial charge is 0.478 e. The van der Waals surface area contributed by atoms with Gasteiger partial charge in [-0.2, -0.15) is 0 Å². The van der Waals surface area contributed by atoms with Gasteiger partial charge in [-0.1, -0.05) is 19.9 Å². The van der Waals surface area contributed by atoms with Crippen LogP contribution in [0.1, 0.15) is 32.3 Å². The molecule has 0 saturated carbocycles. The summed E-state index contributed by atoms with van der Waals surface area (Å²) >= 11 is 0. The van der Waals surface area contributed by atoms with Gasteiger partial charge >= 0.3 is 18.0 Å². The lowest BCUT2D eigenvalue weighted by atomic mass is 9.89. The Morgan fingerprint density at radius 3 is 2.53 bits per heavy atom. The molecule has 2 aromatic rings. The predicted octanol–water partition coefficient (Wildman–Crippen LogP) is 1.03. The van der Waals surface area contributed by atoms with Crippen LogP contribution in [0.2, 0.25) is 0 Å². The van der Waals surface area contributed by atoms with Crippen LogP contribution in [-0.4, -0.2) is 52.2 Å². The number of hydrogen-bond acceptors (Lipinski definition) is 5. The molecule has 2 heterocycles. The smallest absolute Gasteiger partial charge is 0.336 e. The normalized spacial score (nSPS) is 18.6. The fraction of sp³-hybridized carbons (Fsp3) is 0.350. The molecule has 1 aromatic carbocycles. The highest BCUT2D eigenvalue weighted by molar-refractivity contribution is 5.94. The van der Waals surface area contributed by atoms with E-state index in [0.717, 1.165) is 29.8 Å². The first kappa shape index (κ1) is 24.7. The van der Waals surface area contributed by atoms with Gasteiger partial charge in [-0.15, -0.1) is 0 Å². The number of nitrogens with two attached hydrogens (primary N) is 1. The summed E-state index contributed by atoms with van der Waals surface area (Å²) in [5.41, 5.74) is 6.61. The van der Waals surface area contributed by atoms with Gasteiger partial charge in [-0.05, 0) is 31.2 Å². The van der Waals surface area contributed by atoms with Crippen LogP contribution in [0.4, 0.5) is 4.79 Å². The summed E-state index contributed by atoms with van der Waals surface area (Å²) < 4.78 is 5.21. The number of hydrogen-bond donors (Lipinski definition) is 5. The summed E-state index contributed by atoms with van der Waals surface area (Å²) in [6, 6.07) is 5.49. The number of fused-ring (bicyclic) bond motifs is 1. The number of benzene rings is 1. The molecule has 0 spiro atoms. The summed E-state index contributed by atoms with van der Waals surface area (Å²) in [6.45, 7) is 6.61. The molecule has 10 heteroatoms. The highest BCUT2D eigenvalue weighted by atomic mass is 16.5. The minimum Gasteiger partial charge on any atom is -0.478 e. The van der Waals surface area contributed by atoms with Crippen LogP contribution in [0.25, 0.3) is 10.9 Å². The van der Waals surface area contributed by atoms with Crippen molar-refractivity contribution in [2.45, 2.75) is 38.8 Å². The third kappa shape index (κ3) is 6.06. The maximum Gasteiger partial charge on any atom is 0.336 e. The van der Waals surface area contributed by atoms with Crippen molar-refractivity contribution >= 4 is 28.9 Å². The van der Waals surface area contributed by atoms with E-state index in [2.05, 4.69) is 15.6 Å². The number of aromatic amines is 1. The van der Waals surface area contributed by atoms with Gasteiger partial charge in [0.1, 0.15) is 0 Å². The number of aromatic nitrogens is 1. The number of carbonyl (C=O) groups excluding carboxylic acids is 2. The number of ether oxygens (including phenoxy) is 1. The first-order chi connectivity index (χ1) is 13.8. The third-order valence-corrected chi connectivity index (χ3v) is 4.50. The maximum atomic E-state index is 11.7. The second kappa shape index (κ2) is 11.0. The summed E-state index contributed by atoms with van der Waals surface area (Å²) in [5.74, 6) is -1.64. The van der Waals surface area contributed by atoms with E-state index in [4.69, 9.17) is 15.6 Å². The number of nitrogens with one attached hydrogen (secondary N) is 3. The fourth-order valence-corrected chi connectivity index (χ4v) is 3.14. The summed E-state index contributed by atoms with van der Waals surface area (Å²) in [7, 11) is 0. The topological polar surface area (TPSA) is 178 Å². The first-order valence-corrected chi connectivity index (χ1v) is 9.27. The van der Waals surface area contributed by atoms with Gasteiger partial charge in [0.15, 0.2) is 5.75 Å². The van der Waals surface area contributed by atoms with Crippen LogP contribution >= 0.6 is 0 Å². The lowest BCUT2D eigenvalue weighted by Crippen LogP contribution is -2.35. The van der Waals surface area contributed by atoms with Gasteiger partial charge in [-0.3, -0.25) is 0 Å². The quantitative estimate of drug-likeness (QED) is 0.356. The number of aliphatic carboxylic acids is 1. The van der Waals surface area contributed by atoms with E-state index in [1.807, 2.05) is 39.0 Å². The van der Waals surface area contributed by atoms with E-state index in [0.29, 0.717) is 11.1 Å². The second-order valence-corrected chi connectivity index (χ2v) is 6.68. The van der Waals surface area contributed by atoms with E-state index in [1.165, 1.54) is 0 Å². The highest BCUT2D eigenvalue weighted by Gasteiger charge is 2.33. The number of carboxylic acid groups (broad SMARTS) is 1. The predicted molar refractivity (Wildman–Crippen MR) is 112 cm³/mol. The highest BCUT2D eigenvalue weighted by Crippen LogP contribution is 2.31. The molecule has 0 bridgehead atoms. The Morgan fingerprint density at radius 2 is 1.97 bits per heavy atom. The van der Waals surface area contributed by atoms with Crippen molar-refractivity contribution in [2.75, 3.05) is 6.54 Å². The zero-order valence-electron chi connectivity index (χ0n) is 17.1. The van der Waals surface area contributed by atoms with Gasteiger partial charge in [0.05, 0.1) is 6.04 Å². The van der Waals surface area contributed by atoms with E-state index < -0.39 is 11.9 Å². The number of esters is 1. The van der Waals surface area contributed by atoms with Gasteiger partial charge in [0.25, 0.3) is 0 Å². The zero-order chi connectivity index (χ0) is 21.6. The Hall–Kier alpha value is -3.37. The van der Waals surface area contributed by atoms with Crippen molar-refractivity contribution in [3.8, 4) is 5.75 Å². The van der Waals surface area contributed by atoms with E-state index in [-0.39, 0.29) is 29.5 Å². The summed E-state index contributed by atoms with van der Waals surface area (Å²) in [4.78, 5) is 36.7. The number of amides is 2. The van der Waals surface area contributed by atoms with Gasteiger partial charge < -0.3 is 36.7 Å². The molecule has 1 aliphatic heterocycles. The minimum atomic E-state index is -1.22. The fourth-order valence-electron chi connectivity index (χ4n) is 3.14. The molecule has 0 aliphatic carbocycles. The molecule has 8 N–H and O–H groups in total. The molecular weight excluding hydrogens is 392 g/mol. The number of rotatable bonds is 5. The second-order valence-electron chi connectivity index (χ2n) is 6.68. The van der Waals surface area contributed by atoms with Crippen molar-refractivity contribution in [2.24, 2.45) is 5.73 Å². The van der Waals surface area contributed by atoms with Crippen molar-refractivity contribution in [1.82, 2.24) is 15.6 Å². The Bertz CT molecular complexity index is 923. The number of H-pyrrole nitrogens is 1. The Labute approximate surface area is 173 Å². The molecule has 164 valence electrons. The van der Waals surface area contributed by atoms with E-state index >= 15 is 0 Å². The lowest BCUT2D eigenvalue weighted by molar-refractivity contribution is -0.133. The Kier molecular flexibility index (Phi) is 9.03. The lowest BCUT2D eigenvalue weighted by Gasteiger charge is -2.22. The molecule has 0 radical (unpaired) electrons. The van der Waals surface area contributed by atoms with Gasteiger partial charge in [0.2, 0.25) is 0 Å². The summed E-state index contributed by atoms with van der Waals surface area (Å²) in [5, 5.41) is 15.0. The van der Waals surface area contributed by atoms with Crippen molar-refractivity contribution in [1.29, 1.82) is 0 Å². The van der Waals surface area contributed by atoms with Crippen LogP contribution < -0.4 is 21.1 Å². The van der Waals surface area contributed by atoms with E-state index in [1.54, 1.807) is 6.20 Å². The zero-order valence-corrected chi connectivity index (χ0v) is 17.1. The number of carbonyl (C=O) groups is 3. The molecule has 30 heavy (non-hydrogen) atoms. The monoisotopic (exact) mass is 420 g/mol. The third-order valence-electron chi connectivity index (χ3n) is 4.50. The molecular formula is C20H28N4O6. The average molecular weight is 420 g/mol. The molecule has 1 aromatic heterocycles. The SMILES string of the molecule is CC1NC(=O)NC1C(C)c1ccc2[nH]cc(OC(=O)/C=C\C(=O)O)c2c1.CCN.O. The standard InChI is InChI=1S/C18H19N3O5.C2H7N.H2O/c1-9(17-10(2)20-18(25)21-17)11-3-4-13-12(7-11)14(8-19-13)26-16(24)6-5-15(22)23;1-2-3;/h3-10,17,19H,1-2H3,(H,22,23)(H2,20,21,25);2-3H2,1H3;1H2/b6-5-;;. The molecule has 3 rings (SSSR count). The van der Waals surface area contributed by atoms with Crippen molar-refractivity contribution in [3.63, 3.8) is 0 Å². The molecule has 1 aliphatic rings. The Morgan fingerprint density at radius 1 is 1.30 bits per heavy atom. The number of urea groups is 1. The number of carboxylic acids is 1. The van der Waals surface area contributed by atoms with Crippen LogP contribution in [-0.2, 0) is 9.59 Å². The average Bonchev–Trinajstić information content (AvgIpc) is 3.22. The molecule has 2 amide bonds. The van der Waals surface area contributed by atoms with Gasteiger partial charge in [-0.25, -0.2) is 14.4 Å². The molecule has 3 unspecified atom stereocenters. The van der Waals surface area contributed by atoms with Crippen LogP contribution in [0, 0.1) is 0 Å². The summed E-state index contributed by atoms with van der Waals surface area (Å²) in [6.07, 6.45) is 3.13. The minimum absolute atomic E-state index is 0. The molecule has 3 atom stereocenters. The maximum absolute atomic E-state index is 11.7. The molecule has 1 saturated heterocycles. The van der Waals surface area contributed by atoms with Gasteiger partial charge in [0, 0.05) is 41.2 Å². The van der Waals surface area contributed by atoms with Crippen LogP contribution in [0.5, 0.6) is 5.75 Å². The van der Waals surface area contributed by atoms with Crippen LogP contribution in [0.15, 0.2) is 36.5 Å². The van der Waals surface area contributed by atoms with Crippen LogP contribution in [0.3, 0.4) is 0 Å². The Balaban J connectivity index is 0.00000106. The van der Waals surface area contributed by atoms with Crippen molar-refractivity contribution < 1.29 is 29.7 Å². The molecule has 10 nitrogen and oxygen atoms in total. The first-order valence-electron chi connectivity index (χ1n) is 9.27. The molecule has 1 fully saturated rings. The van der Waals surface area contributed by atoms with E-state index in [9.17, 15) is 14.4 Å².